The Bertz CT molecular complexity index is 327. The fraction of sp³-hybridized carbons (Fsp3) is 1.00. The van der Waals surface area contributed by atoms with Crippen LogP contribution in [0.25, 0.3) is 0 Å². The van der Waals surface area contributed by atoms with E-state index in [4.69, 9.17) is 9.66 Å². The molecule has 0 amide bonds. The van der Waals surface area contributed by atoms with Crippen LogP contribution < -0.4 is 0 Å². The van der Waals surface area contributed by atoms with Crippen molar-refractivity contribution in [3.63, 3.8) is 0 Å². The van der Waals surface area contributed by atoms with Crippen LogP contribution in [0, 0.1) is 0 Å². The molecule has 0 radical (unpaired) electrons. The molecule has 1 saturated heterocycles. The van der Waals surface area contributed by atoms with Crippen LogP contribution in [0.1, 0.15) is 0 Å². The van der Waals surface area contributed by atoms with Gasteiger partial charge in [0.2, 0.25) is 0 Å². The summed E-state index contributed by atoms with van der Waals surface area (Å²) in [5, 5.41) is 36.6. The van der Waals surface area contributed by atoms with Crippen LogP contribution in [0.15, 0.2) is 0 Å². The molecule has 1 aliphatic heterocycles. The first-order valence-electron chi connectivity index (χ1n) is 4.22. The second-order valence-electron chi connectivity index (χ2n) is 3.22. The molecule has 10 heteroatoms. The van der Waals surface area contributed by atoms with Gasteiger partial charge in [-0.15, -0.1) is 0 Å². The van der Waals surface area contributed by atoms with E-state index in [-0.39, 0.29) is 0 Å². The first-order chi connectivity index (χ1) is 7.26. The van der Waals surface area contributed by atoms with Gasteiger partial charge in [-0.3, -0.25) is 4.55 Å². The van der Waals surface area contributed by atoms with Crippen molar-refractivity contribution in [3.8, 4) is 0 Å². The van der Waals surface area contributed by atoms with Gasteiger partial charge in [-0.2, -0.15) is 8.42 Å². The summed E-state index contributed by atoms with van der Waals surface area (Å²) in [5.41, 5.74) is 0. The number of rotatable bonds is 3. The van der Waals surface area contributed by atoms with E-state index in [0.29, 0.717) is 0 Å². The zero-order valence-corrected chi connectivity index (χ0v) is 8.69. The molecule has 0 spiro atoms. The summed E-state index contributed by atoms with van der Waals surface area (Å²) in [5.74, 6) is 0. The molecule has 0 bridgehead atoms. The summed E-state index contributed by atoms with van der Waals surface area (Å²) in [6.07, 6.45) is -8.53. The highest BCUT2D eigenvalue weighted by Gasteiger charge is 2.46. The van der Waals surface area contributed by atoms with E-state index in [1.54, 1.807) is 0 Å². The molecule has 9 nitrogen and oxygen atoms in total. The van der Waals surface area contributed by atoms with Crippen molar-refractivity contribution in [1.82, 2.24) is 0 Å². The summed E-state index contributed by atoms with van der Waals surface area (Å²) in [6, 6.07) is 0. The maximum Gasteiger partial charge on any atom is 0.397 e. The van der Waals surface area contributed by atoms with E-state index in [2.05, 4.69) is 8.92 Å². The third kappa shape index (κ3) is 3.09. The van der Waals surface area contributed by atoms with Crippen LogP contribution >= 0.6 is 0 Å². The van der Waals surface area contributed by atoms with Crippen molar-refractivity contribution >= 4 is 10.4 Å². The van der Waals surface area contributed by atoms with Crippen LogP contribution in [0.5, 0.6) is 0 Å². The lowest BCUT2D eigenvalue weighted by atomic mass is 9.99. The molecule has 1 fully saturated rings. The van der Waals surface area contributed by atoms with Gasteiger partial charge in [0.05, 0.1) is 6.61 Å². The summed E-state index contributed by atoms with van der Waals surface area (Å²) in [4.78, 5) is 0. The molecular formula is C6H12O9S. The van der Waals surface area contributed by atoms with Crippen LogP contribution in [0.2, 0.25) is 0 Å². The van der Waals surface area contributed by atoms with E-state index in [1.807, 2.05) is 0 Å². The second-order valence-corrected chi connectivity index (χ2v) is 4.27. The van der Waals surface area contributed by atoms with Gasteiger partial charge < -0.3 is 25.2 Å². The van der Waals surface area contributed by atoms with Gasteiger partial charge in [0.15, 0.2) is 12.4 Å². The van der Waals surface area contributed by atoms with Crippen molar-refractivity contribution in [2.75, 3.05) is 6.61 Å². The second kappa shape index (κ2) is 4.89. The van der Waals surface area contributed by atoms with Crippen LogP contribution in [0.4, 0.5) is 0 Å². The molecule has 0 aliphatic carbocycles. The van der Waals surface area contributed by atoms with E-state index in [0.717, 1.165) is 0 Å². The number of ether oxygens (including phenoxy) is 1. The molecule has 0 saturated carbocycles. The molecule has 16 heavy (non-hydrogen) atoms. The molecule has 1 heterocycles. The molecule has 96 valence electrons. The lowest BCUT2D eigenvalue weighted by molar-refractivity contribution is -0.280. The highest BCUT2D eigenvalue weighted by molar-refractivity contribution is 7.80. The Morgan fingerprint density at radius 3 is 2.19 bits per heavy atom. The Morgan fingerprint density at radius 2 is 1.75 bits per heavy atom. The van der Waals surface area contributed by atoms with Gasteiger partial charge in [-0.25, -0.2) is 4.18 Å². The van der Waals surface area contributed by atoms with Gasteiger partial charge in [-0.1, -0.05) is 0 Å². The third-order valence-corrected chi connectivity index (χ3v) is 2.54. The number of hydrogen-bond donors (Lipinski definition) is 5. The average Bonchev–Trinajstić information content (AvgIpc) is 2.17. The topological polar surface area (TPSA) is 154 Å². The summed E-state index contributed by atoms with van der Waals surface area (Å²) in [6.45, 7) is -0.687. The predicted molar refractivity (Wildman–Crippen MR) is 46.4 cm³/mol. The lowest BCUT2D eigenvalue weighted by Gasteiger charge is -2.38. The first-order valence-corrected chi connectivity index (χ1v) is 5.59. The zero-order valence-electron chi connectivity index (χ0n) is 7.87. The van der Waals surface area contributed by atoms with Crippen molar-refractivity contribution in [1.29, 1.82) is 0 Å². The minimum absolute atomic E-state index is 0.687. The fourth-order valence-corrected chi connectivity index (χ4v) is 1.81. The Labute approximate surface area is 90.8 Å². The molecule has 0 aromatic rings. The number of hydrogen-bond acceptors (Lipinski definition) is 8. The maximum absolute atomic E-state index is 10.4. The molecular weight excluding hydrogens is 248 g/mol. The third-order valence-electron chi connectivity index (χ3n) is 2.08. The van der Waals surface area contributed by atoms with Crippen LogP contribution in [0.3, 0.4) is 0 Å². The standard InChI is InChI=1S/C6H12O9S/c7-1-2-3(8)4(9)5(6(10)14-2)15-16(11,12)13/h2-10H,1H2,(H,11,12,13). The minimum Gasteiger partial charge on any atom is -0.394 e. The minimum atomic E-state index is -4.91. The van der Waals surface area contributed by atoms with Gasteiger partial charge in [0.1, 0.15) is 18.3 Å². The molecule has 1 aliphatic rings. The summed E-state index contributed by atoms with van der Waals surface area (Å²) in [7, 11) is -4.91. The van der Waals surface area contributed by atoms with E-state index in [1.165, 1.54) is 0 Å². The Balaban J connectivity index is 2.80. The van der Waals surface area contributed by atoms with Crippen molar-refractivity contribution < 1.29 is 42.3 Å². The average molecular weight is 260 g/mol. The van der Waals surface area contributed by atoms with E-state index < -0.39 is 47.7 Å². The highest BCUT2D eigenvalue weighted by Crippen LogP contribution is 2.22. The Kier molecular flexibility index (Phi) is 4.20. The van der Waals surface area contributed by atoms with Crippen molar-refractivity contribution in [2.45, 2.75) is 30.7 Å². The largest absolute Gasteiger partial charge is 0.397 e. The Morgan fingerprint density at radius 1 is 1.19 bits per heavy atom. The van der Waals surface area contributed by atoms with Gasteiger partial charge in [0.25, 0.3) is 0 Å². The normalized spacial score (nSPS) is 40.9. The van der Waals surface area contributed by atoms with Gasteiger partial charge >= 0.3 is 10.4 Å². The van der Waals surface area contributed by atoms with Crippen LogP contribution in [-0.2, 0) is 19.3 Å². The molecule has 5 unspecified atom stereocenters. The molecule has 5 atom stereocenters. The highest BCUT2D eigenvalue weighted by atomic mass is 32.3. The first kappa shape index (κ1) is 13.7. The smallest absolute Gasteiger partial charge is 0.394 e. The van der Waals surface area contributed by atoms with Crippen molar-refractivity contribution in [2.24, 2.45) is 0 Å². The van der Waals surface area contributed by atoms with E-state index >= 15 is 0 Å². The molecule has 5 N–H and O–H groups in total. The lowest BCUT2D eigenvalue weighted by Crippen LogP contribution is -2.59. The summed E-state index contributed by atoms with van der Waals surface area (Å²) >= 11 is 0. The molecule has 1 rings (SSSR count). The maximum atomic E-state index is 10.4. The molecule has 0 aromatic heterocycles. The fourth-order valence-electron chi connectivity index (χ4n) is 1.32. The number of aliphatic hydroxyl groups excluding tert-OH is 4. The van der Waals surface area contributed by atoms with Gasteiger partial charge in [0, 0.05) is 0 Å². The zero-order chi connectivity index (χ0) is 12.5. The SMILES string of the molecule is O=S(=O)(O)OC1C(O)OC(CO)C(O)C1O. The monoisotopic (exact) mass is 260 g/mol. The summed E-state index contributed by atoms with van der Waals surface area (Å²) < 4.78 is 37.6. The van der Waals surface area contributed by atoms with Crippen molar-refractivity contribution in [3.05, 3.63) is 0 Å². The molecule has 0 aromatic carbocycles. The quantitative estimate of drug-likeness (QED) is 0.327. The van der Waals surface area contributed by atoms with Crippen LogP contribution in [-0.4, -0.2) is 70.7 Å². The Hall–Kier alpha value is -0.330. The predicted octanol–water partition coefficient (Wildman–Crippen LogP) is -3.39. The van der Waals surface area contributed by atoms with E-state index in [9.17, 15) is 23.7 Å². The van der Waals surface area contributed by atoms with Gasteiger partial charge in [-0.05, 0) is 0 Å². The number of aliphatic hydroxyl groups is 4.